The van der Waals surface area contributed by atoms with Crippen LogP contribution in [0.2, 0.25) is 0 Å². The molecule has 0 radical (unpaired) electrons. The summed E-state index contributed by atoms with van der Waals surface area (Å²) >= 11 is 0. The maximum atomic E-state index is 12.8. The number of fused-ring (bicyclic) bond motifs is 1. The Morgan fingerprint density at radius 1 is 1.07 bits per heavy atom. The van der Waals surface area contributed by atoms with E-state index < -0.39 is 12.0 Å². The van der Waals surface area contributed by atoms with E-state index >= 15 is 0 Å². The predicted molar refractivity (Wildman–Crippen MR) is 112 cm³/mol. The normalized spacial score (nSPS) is 11.7. The number of hydrogen-bond donors (Lipinski definition) is 2. The molecule has 3 aromatic rings. The molecular formula is C23H24N2O5. The van der Waals surface area contributed by atoms with Gasteiger partial charge in [-0.25, -0.2) is 4.79 Å². The molecule has 156 valence electrons. The largest absolute Gasteiger partial charge is 0.496 e. The number of Topliss-reactive ketones (excluding diaryl/α,β-unsaturated/α-hetero) is 1. The van der Waals surface area contributed by atoms with Crippen LogP contribution in [-0.2, 0) is 27.4 Å². The Hall–Kier alpha value is -3.61. The lowest BCUT2D eigenvalue weighted by Crippen LogP contribution is -2.42. The quantitative estimate of drug-likeness (QED) is 0.441. The average molecular weight is 408 g/mol. The molecule has 0 unspecified atom stereocenters. The molecule has 0 saturated heterocycles. The van der Waals surface area contributed by atoms with Crippen molar-refractivity contribution in [2.45, 2.75) is 32.9 Å². The van der Waals surface area contributed by atoms with Gasteiger partial charge in [0.25, 0.3) is 0 Å². The summed E-state index contributed by atoms with van der Waals surface area (Å²) in [6.07, 6.45) is 2.11. The van der Waals surface area contributed by atoms with Gasteiger partial charge in [0.05, 0.1) is 7.11 Å². The van der Waals surface area contributed by atoms with Crippen LogP contribution in [0.25, 0.3) is 10.9 Å². The number of H-pyrrole nitrogens is 1. The molecule has 0 spiro atoms. The average Bonchev–Trinajstić information content (AvgIpc) is 3.13. The molecule has 0 fully saturated rings. The molecule has 0 aliphatic rings. The highest BCUT2D eigenvalue weighted by atomic mass is 16.5. The van der Waals surface area contributed by atoms with Crippen molar-refractivity contribution < 1.29 is 23.9 Å². The number of para-hydroxylation sites is 1. The molecule has 1 heterocycles. The molecule has 1 atom stereocenters. The Bertz CT molecular complexity index is 1090. The first-order valence-electron chi connectivity index (χ1n) is 9.55. The molecule has 7 nitrogen and oxygen atoms in total. The van der Waals surface area contributed by atoms with E-state index in [1.807, 2.05) is 30.5 Å². The molecule has 30 heavy (non-hydrogen) atoms. The van der Waals surface area contributed by atoms with Crippen LogP contribution in [0.1, 0.15) is 35.3 Å². The maximum Gasteiger partial charge on any atom is 0.329 e. The van der Waals surface area contributed by atoms with Crippen molar-refractivity contribution in [3.63, 3.8) is 0 Å². The Labute approximate surface area is 174 Å². The van der Waals surface area contributed by atoms with E-state index in [4.69, 9.17) is 9.47 Å². The first-order valence-corrected chi connectivity index (χ1v) is 9.55. The number of ether oxygens (including phenoxy) is 2. The number of nitrogens with one attached hydrogen (secondary N) is 2. The monoisotopic (exact) mass is 408 g/mol. The van der Waals surface area contributed by atoms with Gasteiger partial charge in [-0.1, -0.05) is 18.2 Å². The van der Waals surface area contributed by atoms with Gasteiger partial charge in [-0.3, -0.25) is 9.59 Å². The minimum atomic E-state index is -0.844. The van der Waals surface area contributed by atoms with Crippen LogP contribution in [0.3, 0.4) is 0 Å². The second kappa shape index (κ2) is 9.26. The smallest absolute Gasteiger partial charge is 0.329 e. The second-order valence-corrected chi connectivity index (χ2v) is 7.01. The Morgan fingerprint density at radius 3 is 2.53 bits per heavy atom. The van der Waals surface area contributed by atoms with E-state index in [0.29, 0.717) is 16.9 Å². The molecule has 0 bridgehead atoms. The van der Waals surface area contributed by atoms with Gasteiger partial charge in [-0.05, 0) is 36.8 Å². The number of aromatic amines is 1. The van der Waals surface area contributed by atoms with Gasteiger partial charge in [0, 0.05) is 41.6 Å². The van der Waals surface area contributed by atoms with Gasteiger partial charge in [-0.15, -0.1) is 0 Å². The SMILES string of the molecule is COc1ccc(C(C)=O)cc1COC(=O)[C@H](Cc1c[nH]c2ccccc12)NC(C)=O. The highest BCUT2D eigenvalue weighted by Gasteiger charge is 2.23. The van der Waals surface area contributed by atoms with Crippen LogP contribution in [0.4, 0.5) is 0 Å². The minimum absolute atomic E-state index is 0.0763. The minimum Gasteiger partial charge on any atom is -0.496 e. The van der Waals surface area contributed by atoms with E-state index in [1.165, 1.54) is 21.0 Å². The van der Waals surface area contributed by atoms with Crippen molar-refractivity contribution in [1.82, 2.24) is 10.3 Å². The fraction of sp³-hybridized carbons (Fsp3) is 0.261. The number of methoxy groups -OCH3 is 1. The van der Waals surface area contributed by atoms with E-state index in [9.17, 15) is 14.4 Å². The van der Waals surface area contributed by atoms with Gasteiger partial charge in [-0.2, -0.15) is 0 Å². The first kappa shape index (κ1) is 21.1. The zero-order valence-corrected chi connectivity index (χ0v) is 17.2. The fourth-order valence-electron chi connectivity index (χ4n) is 3.32. The highest BCUT2D eigenvalue weighted by molar-refractivity contribution is 5.94. The summed E-state index contributed by atoms with van der Waals surface area (Å²) in [4.78, 5) is 39.3. The third kappa shape index (κ3) is 4.86. The summed E-state index contributed by atoms with van der Waals surface area (Å²) in [5, 5.41) is 3.65. The maximum absolute atomic E-state index is 12.8. The van der Waals surface area contributed by atoms with Crippen molar-refractivity contribution in [2.75, 3.05) is 7.11 Å². The highest BCUT2D eigenvalue weighted by Crippen LogP contribution is 2.22. The zero-order chi connectivity index (χ0) is 21.7. The first-order chi connectivity index (χ1) is 14.4. The van der Waals surface area contributed by atoms with E-state index in [-0.39, 0.29) is 24.7 Å². The molecule has 1 amide bonds. The number of esters is 1. The van der Waals surface area contributed by atoms with Gasteiger partial charge >= 0.3 is 5.97 Å². The second-order valence-electron chi connectivity index (χ2n) is 7.01. The Morgan fingerprint density at radius 2 is 1.83 bits per heavy atom. The topological polar surface area (TPSA) is 97.5 Å². The third-order valence-corrected chi connectivity index (χ3v) is 4.82. The molecule has 7 heteroatoms. The number of aromatic nitrogens is 1. The van der Waals surface area contributed by atoms with Crippen LogP contribution in [-0.4, -0.2) is 35.8 Å². The standard InChI is InChI=1S/C23H24N2O5/c1-14(26)16-8-9-22(29-3)18(10-16)13-30-23(28)21(25-15(2)27)11-17-12-24-20-7-5-4-6-19(17)20/h4-10,12,21,24H,11,13H2,1-3H3,(H,25,27)/t21-/m0/s1. The lowest BCUT2D eigenvalue weighted by molar-refractivity contribution is -0.149. The number of amides is 1. The zero-order valence-electron chi connectivity index (χ0n) is 17.2. The number of benzene rings is 2. The fourth-order valence-corrected chi connectivity index (χ4v) is 3.32. The van der Waals surface area contributed by atoms with Crippen molar-refractivity contribution in [1.29, 1.82) is 0 Å². The molecule has 2 aromatic carbocycles. The third-order valence-electron chi connectivity index (χ3n) is 4.82. The van der Waals surface area contributed by atoms with E-state index in [0.717, 1.165) is 16.5 Å². The van der Waals surface area contributed by atoms with Crippen molar-refractivity contribution >= 4 is 28.6 Å². The van der Waals surface area contributed by atoms with Gasteiger partial charge < -0.3 is 19.8 Å². The van der Waals surface area contributed by atoms with Crippen LogP contribution in [0, 0.1) is 0 Å². The van der Waals surface area contributed by atoms with Crippen molar-refractivity contribution in [3.8, 4) is 5.75 Å². The summed E-state index contributed by atoms with van der Waals surface area (Å²) < 4.78 is 10.8. The molecular weight excluding hydrogens is 384 g/mol. The Kier molecular flexibility index (Phi) is 6.51. The van der Waals surface area contributed by atoms with E-state index in [1.54, 1.807) is 18.2 Å². The number of ketones is 1. The molecule has 1 aromatic heterocycles. The number of hydrogen-bond acceptors (Lipinski definition) is 5. The summed E-state index contributed by atoms with van der Waals surface area (Å²) in [5.74, 6) is -0.472. The summed E-state index contributed by atoms with van der Waals surface area (Å²) in [6, 6.07) is 11.9. The van der Waals surface area contributed by atoms with Gasteiger partial charge in [0.1, 0.15) is 18.4 Å². The predicted octanol–water partition coefficient (Wildman–Crippen LogP) is 3.17. The van der Waals surface area contributed by atoms with Gasteiger partial charge in [0.2, 0.25) is 5.91 Å². The number of carbonyl (C=O) groups excluding carboxylic acids is 3. The lowest BCUT2D eigenvalue weighted by Gasteiger charge is -2.17. The molecule has 3 rings (SSSR count). The Balaban J connectivity index is 1.77. The lowest BCUT2D eigenvalue weighted by atomic mass is 10.0. The van der Waals surface area contributed by atoms with Gasteiger partial charge in [0.15, 0.2) is 5.78 Å². The van der Waals surface area contributed by atoms with Crippen LogP contribution in [0.5, 0.6) is 5.75 Å². The van der Waals surface area contributed by atoms with Crippen LogP contribution in [0.15, 0.2) is 48.7 Å². The molecule has 2 N–H and O–H groups in total. The molecule has 0 aliphatic carbocycles. The summed E-state index contributed by atoms with van der Waals surface area (Å²) in [7, 11) is 1.51. The van der Waals surface area contributed by atoms with Crippen molar-refractivity contribution in [2.24, 2.45) is 0 Å². The number of rotatable bonds is 8. The number of carbonyl (C=O) groups is 3. The van der Waals surface area contributed by atoms with E-state index in [2.05, 4.69) is 10.3 Å². The summed E-state index contributed by atoms with van der Waals surface area (Å²) in [5.41, 5.74) is 2.93. The van der Waals surface area contributed by atoms with Crippen LogP contribution >= 0.6 is 0 Å². The van der Waals surface area contributed by atoms with Crippen LogP contribution < -0.4 is 10.1 Å². The summed E-state index contributed by atoms with van der Waals surface area (Å²) in [6.45, 7) is 2.74. The molecule has 0 aliphatic heterocycles. The molecule has 0 saturated carbocycles. The van der Waals surface area contributed by atoms with Crippen molar-refractivity contribution in [3.05, 3.63) is 65.4 Å².